The van der Waals surface area contributed by atoms with Gasteiger partial charge in [0.1, 0.15) is 0 Å². The van der Waals surface area contributed by atoms with E-state index < -0.39 is 11.6 Å². The van der Waals surface area contributed by atoms with Crippen LogP contribution in [0.25, 0.3) is 0 Å². The summed E-state index contributed by atoms with van der Waals surface area (Å²) in [6.45, 7) is -0.0518. The molecule has 0 radical (unpaired) electrons. The molecule has 2 aromatic rings. The van der Waals surface area contributed by atoms with Crippen LogP contribution >= 0.6 is 0 Å². The molecule has 0 saturated heterocycles. The summed E-state index contributed by atoms with van der Waals surface area (Å²) in [6.07, 6.45) is 0.365. The van der Waals surface area contributed by atoms with Crippen LogP contribution in [0.5, 0.6) is 0 Å². The molecular weight excluding hydrogens is 240 g/mol. The summed E-state index contributed by atoms with van der Waals surface area (Å²) in [5, 5.41) is 8.99. The Morgan fingerprint density at radius 3 is 2.16 bits per heavy atom. The lowest BCUT2D eigenvalue weighted by Crippen LogP contribution is -2.16. The smallest absolute Gasteiger partial charge is 0.233 e. The molecule has 0 aliphatic carbocycles. The van der Waals surface area contributed by atoms with Crippen molar-refractivity contribution >= 4 is 11.6 Å². The Balaban J connectivity index is 2.32. The maximum atomic E-state index is 12.2. The number of hydrogen-bond donors (Lipinski definition) is 1. The molecule has 0 fully saturated rings. The zero-order valence-electron chi connectivity index (χ0n) is 10.4. The number of carbonyl (C=O) groups is 2. The molecule has 0 heterocycles. The van der Waals surface area contributed by atoms with Gasteiger partial charge in [-0.25, -0.2) is 0 Å². The molecule has 2 aromatic carbocycles. The zero-order valence-corrected chi connectivity index (χ0v) is 10.4. The van der Waals surface area contributed by atoms with Crippen LogP contribution < -0.4 is 0 Å². The summed E-state index contributed by atoms with van der Waals surface area (Å²) in [5.74, 6) is -1.05. The van der Waals surface area contributed by atoms with Crippen molar-refractivity contribution in [1.29, 1.82) is 0 Å². The van der Waals surface area contributed by atoms with Crippen molar-refractivity contribution in [2.45, 2.75) is 6.42 Å². The molecule has 0 aliphatic rings. The minimum absolute atomic E-state index is 0.0518. The van der Waals surface area contributed by atoms with Gasteiger partial charge in [-0.1, -0.05) is 54.6 Å². The fraction of sp³-hybridized carbons (Fsp3) is 0.125. The van der Waals surface area contributed by atoms with E-state index in [0.717, 1.165) is 0 Å². The summed E-state index contributed by atoms with van der Waals surface area (Å²) in [5.41, 5.74) is 1.44. The van der Waals surface area contributed by atoms with E-state index in [1.54, 1.807) is 54.6 Å². The van der Waals surface area contributed by atoms with Gasteiger partial charge in [0.05, 0.1) is 0 Å². The lowest BCUT2D eigenvalue weighted by atomic mass is 9.96. The van der Waals surface area contributed by atoms with E-state index in [1.807, 2.05) is 0 Å². The topological polar surface area (TPSA) is 54.4 Å². The first kappa shape index (κ1) is 13.2. The zero-order chi connectivity index (χ0) is 13.7. The number of ketones is 2. The molecular formula is C16H14O3. The van der Waals surface area contributed by atoms with Crippen molar-refractivity contribution < 1.29 is 14.7 Å². The van der Waals surface area contributed by atoms with E-state index in [-0.39, 0.29) is 6.61 Å². The molecule has 2 rings (SSSR count). The molecule has 3 heteroatoms. The average molecular weight is 254 g/mol. The van der Waals surface area contributed by atoms with Crippen molar-refractivity contribution in [1.82, 2.24) is 0 Å². The SMILES string of the molecule is O=C(C(=O)c1ccccc1CCO)c1ccccc1. The molecule has 1 N–H and O–H groups in total. The Kier molecular flexibility index (Phi) is 4.21. The average Bonchev–Trinajstić information content (AvgIpc) is 2.47. The van der Waals surface area contributed by atoms with Gasteiger partial charge in [-0.2, -0.15) is 0 Å². The molecule has 96 valence electrons. The molecule has 0 amide bonds. The monoisotopic (exact) mass is 254 g/mol. The predicted molar refractivity (Wildman–Crippen MR) is 72.3 cm³/mol. The Bertz CT molecular complexity index is 588. The second kappa shape index (κ2) is 6.07. The van der Waals surface area contributed by atoms with Crippen LogP contribution in [0, 0.1) is 0 Å². The number of hydrogen-bond acceptors (Lipinski definition) is 3. The van der Waals surface area contributed by atoms with E-state index in [9.17, 15) is 9.59 Å². The van der Waals surface area contributed by atoms with E-state index in [4.69, 9.17) is 5.11 Å². The third-order valence-corrected chi connectivity index (χ3v) is 2.89. The summed E-state index contributed by atoms with van der Waals surface area (Å²) < 4.78 is 0. The molecule has 0 aromatic heterocycles. The van der Waals surface area contributed by atoms with Gasteiger partial charge in [-0.3, -0.25) is 9.59 Å². The second-order valence-corrected chi connectivity index (χ2v) is 4.16. The third-order valence-electron chi connectivity index (χ3n) is 2.89. The largest absolute Gasteiger partial charge is 0.396 e. The summed E-state index contributed by atoms with van der Waals surface area (Å²) >= 11 is 0. The number of aliphatic hydroxyl groups excluding tert-OH is 1. The first-order chi connectivity index (χ1) is 9.24. The number of aliphatic hydroxyl groups is 1. The molecule has 0 unspecified atom stereocenters. The van der Waals surface area contributed by atoms with E-state index in [2.05, 4.69) is 0 Å². The van der Waals surface area contributed by atoms with Gasteiger partial charge in [0.25, 0.3) is 0 Å². The lowest BCUT2D eigenvalue weighted by molar-refractivity contribution is 0.0816. The van der Waals surface area contributed by atoms with E-state index >= 15 is 0 Å². The van der Waals surface area contributed by atoms with Gasteiger partial charge in [0.2, 0.25) is 11.6 Å². The van der Waals surface area contributed by atoms with E-state index in [1.165, 1.54) is 0 Å². The Morgan fingerprint density at radius 1 is 0.842 bits per heavy atom. The van der Waals surface area contributed by atoms with Crippen LogP contribution in [0.4, 0.5) is 0 Å². The van der Waals surface area contributed by atoms with Gasteiger partial charge >= 0.3 is 0 Å². The molecule has 0 saturated carbocycles. The van der Waals surface area contributed by atoms with Crippen molar-refractivity contribution in [3.8, 4) is 0 Å². The Hall–Kier alpha value is -2.26. The third kappa shape index (κ3) is 2.95. The quantitative estimate of drug-likeness (QED) is 0.658. The first-order valence-corrected chi connectivity index (χ1v) is 6.07. The molecule has 0 atom stereocenters. The van der Waals surface area contributed by atoms with Crippen LogP contribution in [0.15, 0.2) is 54.6 Å². The first-order valence-electron chi connectivity index (χ1n) is 6.07. The normalized spacial score (nSPS) is 10.2. The van der Waals surface area contributed by atoms with Crippen molar-refractivity contribution in [3.63, 3.8) is 0 Å². The van der Waals surface area contributed by atoms with Gasteiger partial charge in [0, 0.05) is 17.7 Å². The van der Waals surface area contributed by atoms with Crippen LogP contribution in [-0.2, 0) is 6.42 Å². The van der Waals surface area contributed by atoms with E-state index in [0.29, 0.717) is 23.1 Å². The number of Topliss-reactive ketones (excluding diaryl/α,β-unsaturated/α-hetero) is 2. The molecule has 3 nitrogen and oxygen atoms in total. The summed E-state index contributed by atoms with van der Waals surface area (Å²) in [4.78, 5) is 24.3. The highest BCUT2D eigenvalue weighted by molar-refractivity contribution is 6.49. The number of rotatable bonds is 5. The summed E-state index contributed by atoms with van der Waals surface area (Å²) in [7, 11) is 0. The fourth-order valence-electron chi connectivity index (χ4n) is 1.92. The second-order valence-electron chi connectivity index (χ2n) is 4.16. The minimum Gasteiger partial charge on any atom is -0.396 e. The summed E-state index contributed by atoms with van der Waals surface area (Å²) in [6, 6.07) is 15.3. The van der Waals surface area contributed by atoms with Crippen molar-refractivity contribution in [2.75, 3.05) is 6.61 Å². The van der Waals surface area contributed by atoms with Crippen molar-refractivity contribution in [3.05, 3.63) is 71.3 Å². The highest BCUT2D eigenvalue weighted by Gasteiger charge is 2.20. The highest BCUT2D eigenvalue weighted by Crippen LogP contribution is 2.13. The van der Waals surface area contributed by atoms with Crippen LogP contribution in [0.1, 0.15) is 26.3 Å². The Morgan fingerprint density at radius 2 is 1.47 bits per heavy atom. The van der Waals surface area contributed by atoms with Crippen molar-refractivity contribution in [2.24, 2.45) is 0 Å². The molecule has 0 spiro atoms. The minimum atomic E-state index is -0.532. The molecule has 0 aliphatic heterocycles. The van der Waals surface area contributed by atoms with Crippen LogP contribution in [0.2, 0.25) is 0 Å². The standard InChI is InChI=1S/C16H14O3/c17-11-10-12-6-4-5-9-14(12)16(19)15(18)13-7-2-1-3-8-13/h1-9,17H,10-11H2. The van der Waals surface area contributed by atoms with Crippen LogP contribution in [-0.4, -0.2) is 23.3 Å². The number of carbonyl (C=O) groups excluding carboxylic acids is 2. The Labute approximate surface area is 111 Å². The lowest BCUT2D eigenvalue weighted by Gasteiger charge is -2.06. The molecule has 19 heavy (non-hydrogen) atoms. The number of benzene rings is 2. The predicted octanol–water partition coefficient (Wildman–Crippen LogP) is 2.29. The van der Waals surface area contributed by atoms with Gasteiger partial charge in [0.15, 0.2) is 0 Å². The maximum absolute atomic E-state index is 12.2. The van der Waals surface area contributed by atoms with Gasteiger partial charge in [-0.15, -0.1) is 0 Å². The van der Waals surface area contributed by atoms with Crippen LogP contribution in [0.3, 0.4) is 0 Å². The fourth-order valence-corrected chi connectivity index (χ4v) is 1.92. The molecule has 0 bridgehead atoms. The highest BCUT2D eigenvalue weighted by atomic mass is 16.3. The van der Waals surface area contributed by atoms with Gasteiger partial charge < -0.3 is 5.11 Å². The maximum Gasteiger partial charge on any atom is 0.233 e. The van der Waals surface area contributed by atoms with Gasteiger partial charge in [-0.05, 0) is 12.0 Å².